The molecule has 0 aromatic heterocycles. The quantitative estimate of drug-likeness (QED) is 0.353. The standard InChI is InChI=1S/C19H16F3N3O7/c20-19(21,22)12-2-3-13(14(6-12)25(28)29)23-8-18(27)30-9-17(26)24-7-11-1-4-15-16(5-11)32-10-31-15/h1-6,23H,7-10H2,(H,24,26). The molecule has 3 rings (SSSR count). The lowest BCUT2D eigenvalue weighted by Crippen LogP contribution is -2.29. The molecular formula is C19H16F3N3O7. The Balaban J connectivity index is 1.45. The highest BCUT2D eigenvalue weighted by atomic mass is 19.4. The number of amides is 1. The number of nitro benzene ring substituents is 1. The Morgan fingerprint density at radius 3 is 2.59 bits per heavy atom. The zero-order valence-electron chi connectivity index (χ0n) is 16.2. The van der Waals surface area contributed by atoms with E-state index in [9.17, 15) is 32.9 Å². The summed E-state index contributed by atoms with van der Waals surface area (Å²) in [4.78, 5) is 33.6. The van der Waals surface area contributed by atoms with Gasteiger partial charge in [0.15, 0.2) is 18.1 Å². The van der Waals surface area contributed by atoms with Crippen LogP contribution in [-0.2, 0) is 27.0 Å². The zero-order chi connectivity index (χ0) is 23.3. The third kappa shape index (κ3) is 5.77. The van der Waals surface area contributed by atoms with E-state index in [0.29, 0.717) is 23.6 Å². The van der Waals surface area contributed by atoms with Crippen LogP contribution in [0.25, 0.3) is 0 Å². The average Bonchev–Trinajstić information content (AvgIpc) is 3.21. The highest BCUT2D eigenvalue weighted by molar-refractivity contribution is 5.82. The normalized spacial score (nSPS) is 12.2. The third-order valence-corrected chi connectivity index (χ3v) is 4.24. The molecule has 1 heterocycles. The Bertz CT molecular complexity index is 1040. The molecule has 1 aliphatic heterocycles. The SMILES string of the molecule is O=C(COC(=O)CNc1ccc(C(F)(F)F)cc1[N+](=O)[O-])NCc1ccc2c(c1)OCO2. The number of nitrogens with one attached hydrogen (secondary N) is 2. The van der Waals surface area contributed by atoms with Crippen molar-refractivity contribution in [3.05, 3.63) is 57.6 Å². The number of carbonyl (C=O) groups is 2. The van der Waals surface area contributed by atoms with Crippen LogP contribution in [0.1, 0.15) is 11.1 Å². The maximum Gasteiger partial charge on any atom is 0.416 e. The number of anilines is 1. The van der Waals surface area contributed by atoms with Gasteiger partial charge in [0.1, 0.15) is 12.2 Å². The number of alkyl halides is 3. The second-order valence-corrected chi connectivity index (χ2v) is 6.47. The number of benzene rings is 2. The van der Waals surface area contributed by atoms with Gasteiger partial charge in [-0.15, -0.1) is 0 Å². The summed E-state index contributed by atoms with van der Waals surface area (Å²) in [7, 11) is 0. The van der Waals surface area contributed by atoms with Gasteiger partial charge >= 0.3 is 12.1 Å². The second kappa shape index (κ2) is 9.41. The van der Waals surface area contributed by atoms with Gasteiger partial charge in [0.25, 0.3) is 11.6 Å². The van der Waals surface area contributed by atoms with Crippen molar-refractivity contribution >= 4 is 23.3 Å². The molecule has 0 fully saturated rings. The minimum Gasteiger partial charge on any atom is -0.454 e. The molecule has 0 unspecified atom stereocenters. The molecule has 32 heavy (non-hydrogen) atoms. The van der Waals surface area contributed by atoms with E-state index in [-0.39, 0.29) is 19.0 Å². The fourth-order valence-electron chi connectivity index (χ4n) is 2.68. The summed E-state index contributed by atoms with van der Waals surface area (Å²) < 4.78 is 53.3. The molecule has 10 nitrogen and oxygen atoms in total. The number of esters is 1. The molecule has 0 saturated heterocycles. The van der Waals surface area contributed by atoms with E-state index in [1.807, 2.05) is 0 Å². The average molecular weight is 455 g/mol. The van der Waals surface area contributed by atoms with Gasteiger partial charge < -0.3 is 24.8 Å². The van der Waals surface area contributed by atoms with Crippen molar-refractivity contribution in [3.63, 3.8) is 0 Å². The minimum absolute atomic E-state index is 0.116. The molecular weight excluding hydrogens is 439 g/mol. The summed E-state index contributed by atoms with van der Waals surface area (Å²) in [5.74, 6) is -0.393. The monoisotopic (exact) mass is 455 g/mol. The number of carbonyl (C=O) groups excluding carboxylic acids is 2. The van der Waals surface area contributed by atoms with Crippen molar-refractivity contribution < 1.29 is 41.9 Å². The summed E-state index contributed by atoms with van der Waals surface area (Å²) in [6, 6.07) is 6.94. The number of ether oxygens (including phenoxy) is 3. The molecule has 1 amide bonds. The van der Waals surface area contributed by atoms with E-state index in [2.05, 4.69) is 10.6 Å². The smallest absolute Gasteiger partial charge is 0.416 e. The Kier molecular flexibility index (Phi) is 6.66. The van der Waals surface area contributed by atoms with Crippen molar-refractivity contribution in [2.24, 2.45) is 0 Å². The van der Waals surface area contributed by atoms with E-state index in [0.717, 1.165) is 11.6 Å². The molecule has 2 aromatic carbocycles. The van der Waals surface area contributed by atoms with Crippen LogP contribution in [0, 0.1) is 10.1 Å². The lowest BCUT2D eigenvalue weighted by molar-refractivity contribution is -0.384. The summed E-state index contributed by atoms with van der Waals surface area (Å²) in [5, 5.41) is 15.9. The van der Waals surface area contributed by atoms with Crippen LogP contribution in [-0.4, -0.2) is 36.7 Å². The number of hydrogen-bond donors (Lipinski definition) is 2. The number of fused-ring (bicyclic) bond motifs is 1. The Morgan fingerprint density at radius 1 is 1.12 bits per heavy atom. The molecule has 2 aromatic rings. The van der Waals surface area contributed by atoms with Crippen molar-refractivity contribution in [3.8, 4) is 11.5 Å². The van der Waals surface area contributed by atoms with Crippen LogP contribution >= 0.6 is 0 Å². The van der Waals surface area contributed by atoms with Gasteiger partial charge in [0.2, 0.25) is 6.79 Å². The second-order valence-electron chi connectivity index (χ2n) is 6.47. The van der Waals surface area contributed by atoms with Gasteiger partial charge in [-0.05, 0) is 29.8 Å². The molecule has 0 atom stereocenters. The molecule has 13 heteroatoms. The molecule has 0 aliphatic carbocycles. The van der Waals surface area contributed by atoms with E-state index in [4.69, 9.17) is 14.2 Å². The topological polar surface area (TPSA) is 129 Å². The van der Waals surface area contributed by atoms with E-state index in [1.165, 1.54) is 0 Å². The largest absolute Gasteiger partial charge is 0.454 e. The van der Waals surface area contributed by atoms with E-state index >= 15 is 0 Å². The van der Waals surface area contributed by atoms with Crippen molar-refractivity contribution in [2.45, 2.75) is 12.7 Å². The number of halogens is 3. The molecule has 170 valence electrons. The Labute approximate surface area is 178 Å². The summed E-state index contributed by atoms with van der Waals surface area (Å²) >= 11 is 0. The van der Waals surface area contributed by atoms with Crippen molar-refractivity contribution in [1.29, 1.82) is 0 Å². The van der Waals surface area contributed by atoms with Gasteiger partial charge in [-0.2, -0.15) is 13.2 Å². The van der Waals surface area contributed by atoms with E-state index in [1.54, 1.807) is 18.2 Å². The van der Waals surface area contributed by atoms with Gasteiger partial charge in [-0.3, -0.25) is 19.7 Å². The van der Waals surface area contributed by atoms with Gasteiger partial charge in [-0.1, -0.05) is 6.07 Å². The van der Waals surface area contributed by atoms with Crippen LogP contribution in [0.15, 0.2) is 36.4 Å². The van der Waals surface area contributed by atoms with Crippen LogP contribution in [0.2, 0.25) is 0 Å². The summed E-state index contributed by atoms with van der Waals surface area (Å²) in [6.45, 7) is -0.949. The van der Waals surface area contributed by atoms with Crippen LogP contribution in [0.4, 0.5) is 24.5 Å². The number of nitro groups is 1. The molecule has 0 saturated carbocycles. The number of hydrogen-bond acceptors (Lipinski definition) is 8. The minimum atomic E-state index is -4.75. The lowest BCUT2D eigenvalue weighted by atomic mass is 10.1. The maximum atomic E-state index is 12.7. The number of rotatable bonds is 8. The molecule has 0 bridgehead atoms. The highest BCUT2D eigenvalue weighted by Crippen LogP contribution is 2.35. The van der Waals surface area contributed by atoms with Crippen LogP contribution in [0.5, 0.6) is 11.5 Å². The first-order chi connectivity index (χ1) is 15.1. The summed E-state index contributed by atoms with van der Waals surface area (Å²) in [6.07, 6.45) is -4.75. The Hall–Kier alpha value is -4.03. The van der Waals surface area contributed by atoms with E-state index < -0.39 is 47.4 Å². The van der Waals surface area contributed by atoms with Crippen molar-refractivity contribution in [1.82, 2.24) is 5.32 Å². The summed E-state index contributed by atoms with van der Waals surface area (Å²) in [5.41, 5.74) is -1.62. The van der Waals surface area contributed by atoms with Gasteiger partial charge in [0, 0.05) is 12.6 Å². The Morgan fingerprint density at radius 2 is 1.88 bits per heavy atom. The third-order valence-electron chi connectivity index (χ3n) is 4.24. The molecule has 1 aliphatic rings. The van der Waals surface area contributed by atoms with Crippen LogP contribution in [0.3, 0.4) is 0 Å². The predicted octanol–water partition coefficient (Wildman–Crippen LogP) is 2.61. The van der Waals surface area contributed by atoms with Crippen LogP contribution < -0.4 is 20.1 Å². The molecule has 0 spiro atoms. The first-order valence-electron chi connectivity index (χ1n) is 9.04. The van der Waals surface area contributed by atoms with Gasteiger partial charge in [0.05, 0.1) is 10.5 Å². The first kappa shape index (κ1) is 22.7. The first-order valence-corrected chi connectivity index (χ1v) is 9.04. The number of nitrogens with zero attached hydrogens (tertiary/aromatic N) is 1. The maximum absolute atomic E-state index is 12.7. The van der Waals surface area contributed by atoms with Gasteiger partial charge in [-0.25, -0.2) is 0 Å². The molecule has 0 radical (unpaired) electrons. The highest BCUT2D eigenvalue weighted by Gasteiger charge is 2.33. The lowest BCUT2D eigenvalue weighted by Gasteiger charge is -2.11. The fourth-order valence-corrected chi connectivity index (χ4v) is 2.68. The molecule has 2 N–H and O–H groups in total. The predicted molar refractivity (Wildman–Crippen MR) is 102 cm³/mol. The zero-order valence-corrected chi connectivity index (χ0v) is 16.2. The fraction of sp³-hybridized carbons (Fsp3) is 0.263. The van der Waals surface area contributed by atoms with Crippen molar-refractivity contribution in [2.75, 3.05) is 25.3 Å².